The molecule has 1 atom stereocenters. The van der Waals surface area contributed by atoms with Gasteiger partial charge in [0, 0.05) is 11.9 Å². The lowest BCUT2D eigenvalue weighted by molar-refractivity contribution is 0.0939. The molecule has 0 aliphatic carbocycles. The molecule has 0 spiro atoms. The summed E-state index contributed by atoms with van der Waals surface area (Å²) in [4.78, 5) is 16.1. The summed E-state index contributed by atoms with van der Waals surface area (Å²) in [7, 11) is 0. The van der Waals surface area contributed by atoms with Crippen molar-refractivity contribution in [3.8, 4) is 0 Å². The second-order valence-corrected chi connectivity index (χ2v) is 4.29. The first-order valence-corrected chi connectivity index (χ1v) is 5.95. The monoisotopic (exact) mass is 240 g/mol. The van der Waals surface area contributed by atoms with Crippen LogP contribution in [0.15, 0.2) is 48.7 Å². The Kier molecular flexibility index (Phi) is 3.72. The van der Waals surface area contributed by atoms with Crippen LogP contribution in [0.3, 0.4) is 0 Å². The number of rotatable bonds is 3. The van der Waals surface area contributed by atoms with Crippen molar-refractivity contribution in [2.24, 2.45) is 0 Å². The summed E-state index contributed by atoms with van der Waals surface area (Å²) in [6, 6.07) is 13.5. The number of carbonyl (C=O) groups excluding carboxylic acids is 1. The van der Waals surface area contributed by atoms with Gasteiger partial charge in [0.2, 0.25) is 0 Å². The molecule has 0 aliphatic heterocycles. The molecule has 0 bridgehead atoms. The quantitative estimate of drug-likeness (QED) is 0.896. The van der Waals surface area contributed by atoms with Gasteiger partial charge >= 0.3 is 0 Å². The Labute approximate surface area is 107 Å². The van der Waals surface area contributed by atoms with Crippen LogP contribution < -0.4 is 5.32 Å². The fourth-order valence-electron chi connectivity index (χ4n) is 1.71. The van der Waals surface area contributed by atoms with Gasteiger partial charge in [-0.25, -0.2) is 0 Å². The van der Waals surface area contributed by atoms with Gasteiger partial charge in [-0.3, -0.25) is 9.78 Å². The average Bonchev–Trinajstić information content (AvgIpc) is 2.40. The molecular formula is C15H16N2O. The fraction of sp³-hybridized carbons (Fsp3) is 0.200. The van der Waals surface area contributed by atoms with Gasteiger partial charge in [0.25, 0.3) is 5.91 Å². The van der Waals surface area contributed by atoms with Gasteiger partial charge < -0.3 is 5.32 Å². The Bertz CT molecular complexity index is 520. The zero-order chi connectivity index (χ0) is 13.0. The zero-order valence-corrected chi connectivity index (χ0v) is 10.6. The maximum absolute atomic E-state index is 12.0. The van der Waals surface area contributed by atoms with Gasteiger partial charge in [-0.2, -0.15) is 0 Å². The number of benzene rings is 1. The third-order valence-electron chi connectivity index (χ3n) is 2.82. The van der Waals surface area contributed by atoms with Gasteiger partial charge in [0.1, 0.15) is 0 Å². The van der Waals surface area contributed by atoms with E-state index in [9.17, 15) is 4.79 Å². The summed E-state index contributed by atoms with van der Waals surface area (Å²) in [6.07, 6.45) is 1.60. The molecule has 1 heterocycles. The van der Waals surface area contributed by atoms with E-state index < -0.39 is 0 Å². The normalized spacial score (nSPS) is 11.9. The molecule has 92 valence electrons. The number of nitrogens with zero attached hydrogens (tertiary/aromatic N) is 1. The predicted octanol–water partition coefficient (Wildman–Crippen LogP) is 2.88. The smallest absolute Gasteiger partial charge is 0.253 e. The van der Waals surface area contributed by atoms with Crippen molar-refractivity contribution in [3.63, 3.8) is 0 Å². The molecule has 1 N–H and O–H groups in total. The lowest BCUT2D eigenvalue weighted by Gasteiger charge is -2.14. The Hall–Kier alpha value is -2.16. The fourth-order valence-corrected chi connectivity index (χ4v) is 1.71. The van der Waals surface area contributed by atoms with E-state index in [1.165, 1.54) is 0 Å². The number of amides is 1. The minimum Gasteiger partial charge on any atom is -0.345 e. The van der Waals surface area contributed by atoms with Gasteiger partial charge in [-0.1, -0.05) is 30.3 Å². The van der Waals surface area contributed by atoms with Crippen LogP contribution in [0.2, 0.25) is 0 Å². The highest BCUT2D eigenvalue weighted by atomic mass is 16.1. The Morgan fingerprint density at radius 3 is 2.50 bits per heavy atom. The maximum atomic E-state index is 12.0. The van der Waals surface area contributed by atoms with Crippen LogP contribution in [0.1, 0.15) is 34.6 Å². The maximum Gasteiger partial charge on any atom is 0.253 e. The molecular weight excluding hydrogens is 224 g/mol. The van der Waals surface area contributed by atoms with E-state index in [0.29, 0.717) is 5.56 Å². The molecule has 3 nitrogen and oxygen atoms in total. The van der Waals surface area contributed by atoms with Gasteiger partial charge in [0.15, 0.2) is 0 Å². The highest BCUT2D eigenvalue weighted by Gasteiger charge is 2.10. The summed E-state index contributed by atoms with van der Waals surface area (Å²) < 4.78 is 0. The predicted molar refractivity (Wildman–Crippen MR) is 71.3 cm³/mol. The van der Waals surface area contributed by atoms with Crippen LogP contribution >= 0.6 is 0 Å². The summed E-state index contributed by atoms with van der Waals surface area (Å²) in [5.41, 5.74) is 2.58. The molecule has 1 amide bonds. The van der Waals surface area contributed by atoms with E-state index in [2.05, 4.69) is 10.3 Å². The van der Waals surface area contributed by atoms with Gasteiger partial charge in [0.05, 0.1) is 11.6 Å². The van der Waals surface area contributed by atoms with E-state index in [0.717, 1.165) is 11.3 Å². The molecule has 0 aliphatic rings. The van der Waals surface area contributed by atoms with Crippen molar-refractivity contribution in [2.45, 2.75) is 19.9 Å². The van der Waals surface area contributed by atoms with E-state index in [1.54, 1.807) is 12.3 Å². The van der Waals surface area contributed by atoms with Crippen molar-refractivity contribution in [3.05, 3.63) is 65.5 Å². The number of pyridine rings is 1. The second kappa shape index (κ2) is 5.45. The molecule has 1 aromatic heterocycles. The Balaban J connectivity index is 2.06. The molecule has 0 radical (unpaired) electrons. The number of aryl methyl sites for hydroxylation is 1. The molecule has 2 rings (SSSR count). The van der Waals surface area contributed by atoms with E-state index >= 15 is 0 Å². The van der Waals surface area contributed by atoms with Crippen molar-refractivity contribution >= 4 is 5.91 Å². The average molecular weight is 240 g/mol. The van der Waals surface area contributed by atoms with Crippen LogP contribution in [0.5, 0.6) is 0 Å². The van der Waals surface area contributed by atoms with Crippen molar-refractivity contribution in [1.29, 1.82) is 0 Å². The first-order chi connectivity index (χ1) is 8.66. The Morgan fingerprint density at radius 2 is 1.89 bits per heavy atom. The molecule has 18 heavy (non-hydrogen) atoms. The van der Waals surface area contributed by atoms with E-state index in [-0.39, 0.29) is 11.9 Å². The largest absolute Gasteiger partial charge is 0.345 e. The van der Waals surface area contributed by atoms with Gasteiger partial charge in [-0.05, 0) is 31.5 Å². The van der Waals surface area contributed by atoms with Crippen molar-refractivity contribution in [1.82, 2.24) is 10.3 Å². The lowest BCUT2D eigenvalue weighted by atomic mass is 10.1. The van der Waals surface area contributed by atoms with Crippen LogP contribution in [-0.4, -0.2) is 10.9 Å². The third kappa shape index (κ3) is 2.94. The van der Waals surface area contributed by atoms with E-state index in [4.69, 9.17) is 0 Å². The summed E-state index contributed by atoms with van der Waals surface area (Å²) in [6.45, 7) is 3.86. The first-order valence-electron chi connectivity index (χ1n) is 5.95. The highest BCUT2D eigenvalue weighted by molar-refractivity contribution is 5.94. The number of nitrogens with one attached hydrogen (secondary N) is 1. The molecule has 0 saturated heterocycles. The summed E-state index contributed by atoms with van der Waals surface area (Å²) in [5.74, 6) is -0.0983. The van der Waals surface area contributed by atoms with Crippen LogP contribution in [0, 0.1) is 6.92 Å². The topological polar surface area (TPSA) is 42.0 Å². The van der Waals surface area contributed by atoms with Crippen molar-refractivity contribution < 1.29 is 4.79 Å². The zero-order valence-electron chi connectivity index (χ0n) is 10.6. The molecule has 1 unspecified atom stereocenters. The molecule has 0 fully saturated rings. The number of hydrogen-bond acceptors (Lipinski definition) is 2. The minimum absolute atomic E-state index is 0.0139. The number of aromatic nitrogens is 1. The molecule has 2 aromatic rings. The molecule has 3 heteroatoms. The number of hydrogen-bond donors (Lipinski definition) is 1. The summed E-state index contributed by atoms with van der Waals surface area (Å²) in [5, 5.41) is 2.95. The minimum atomic E-state index is -0.0983. The van der Waals surface area contributed by atoms with Crippen LogP contribution in [0.25, 0.3) is 0 Å². The standard InChI is InChI=1S/C15H16N2O/c1-11-8-9-14(10-16-11)15(18)17-12(2)13-6-4-3-5-7-13/h3-10,12H,1-2H3,(H,17,18). The SMILES string of the molecule is Cc1ccc(C(=O)NC(C)c2ccccc2)cn1. The number of carbonyl (C=O) groups is 1. The first kappa shape index (κ1) is 12.3. The highest BCUT2D eigenvalue weighted by Crippen LogP contribution is 2.12. The van der Waals surface area contributed by atoms with Crippen LogP contribution in [0.4, 0.5) is 0 Å². The van der Waals surface area contributed by atoms with Gasteiger partial charge in [-0.15, -0.1) is 0 Å². The summed E-state index contributed by atoms with van der Waals surface area (Å²) >= 11 is 0. The van der Waals surface area contributed by atoms with Crippen LogP contribution in [-0.2, 0) is 0 Å². The molecule has 1 aromatic carbocycles. The molecule has 0 saturated carbocycles. The third-order valence-corrected chi connectivity index (χ3v) is 2.82. The Morgan fingerprint density at radius 1 is 1.17 bits per heavy atom. The van der Waals surface area contributed by atoms with Crippen molar-refractivity contribution in [2.75, 3.05) is 0 Å². The second-order valence-electron chi connectivity index (χ2n) is 4.29. The van der Waals surface area contributed by atoms with E-state index in [1.807, 2.05) is 50.2 Å². The lowest BCUT2D eigenvalue weighted by Crippen LogP contribution is -2.26.